The fourth-order valence-electron chi connectivity index (χ4n) is 2.90. The third-order valence-corrected chi connectivity index (χ3v) is 5.88. The number of benzene rings is 2. The molecule has 6 heteroatoms. The summed E-state index contributed by atoms with van der Waals surface area (Å²) in [6.45, 7) is 0. The first-order valence-corrected chi connectivity index (χ1v) is 9.60. The van der Waals surface area contributed by atoms with E-state index in [0.717, 1.165) is 0 Å². The van der Waals surface area contributed by atoms with E-state index in [-0.39, 0.29) is 22.9 Å². The van der Waals surface area contributed by atoms with Crippen LogP contribution >= 0.6 is 0 Å². The Labute approximate surface area is 151 Å². The van der Waals surface area contributed by atoms with E-state index in [9.17, 15) is 17.6 Å². The molecule has 0 aliphatic heterocycles. The van der Waals surface area contributed by atoms with E-state index in [1.165, 1.54) is 19.2 Å². The predicted octanol–water partition coefficient (Wildman–Crippen LogP) is 3.56. The van der Waals surface area contributed by atoms with Crippen molar-refractivity contribution in [2.45, 2.75) is 11.3 Å². The molecule has 0 radical (unpaired) electrons. The van der Waals surface area contributed by atoms with Crippen LogP contribution in [0.25, 0.3) is 5.57 Å². The highest BCUT2D eigenvalue weighted by Gasteiger charge is 2.27. The number of allylic oxidation sites excluding steroid dienone is 2. The predicted molar refractivity (Wildman–Crippen MR) is 96.5 cm³/mol. The van der Waals surface area contributed by atoms with Crippen LogP contribution in [-0.4, -0.2) is 27.2 Å². The Morgan fingerprint density at radius 2 is 1.73 bits per heavy atom. The van der Waals surface area contributed by atoms with E-state index in [4.69, 9.17) is 4.74 Å². The van der Waals surface area contributed by atoms with Crippen molar-refractivity contribution in [2.75, 3.05) is 12.9 Å². The number of sulfone groups is 1. The van der Waals surface area contributed by atoms with Crippen molar-refractivity contribution < 1.29 is 22.3 Å². The Balaban J connectivity index is 1.93. The first-order valence-electron chi connectivity index (χ1n) is 7.95. The first-order chi connectivity index (χ1) is 12.4. The highest BCUT2D eigenvalue weighted by atomic mass is 32.2. The van der Waals surface area contributed by atoms with Crippen molar-refractivity contribution in [2.24, 2.45) is 0 Å². The summed E-state index contributed by atoms with van der Waals surface area (Å²) < 4.78 is 43.2. The lowest BCUT2D eigenvalue weighted by atomic mass is 10.0. The van der Waals surface area contributed by atoms with Gasteiger partial charge >= 0.3 is 5.97 Å². The normalized spacial score (nSPS) is 14.3. The molecule has 0 saturated carbocycles. The molecule has 3 rings (SSSR count). The molecule has 0 unspecified atom stereocenters. The molecule has 2 aromatic rings. The van der Waals surface area contributed by atoms with Crippen molar-refractivity contribution >= 4 is 21.4 Å². The molecule has 4 nitrogen and oxygen atoms in total. The van der Waals surface area contributed by atoms with Gasteiger partial charge in [-0.3, -0.25) is 0 Å². The Bertz CT molecular complexity index is 988. The number of ether oxygens (including phenoxy) is 1. The molecular formula is C20H17FO4S. The molecule has 0 bridgehead atoms. The Morgan fingerprint density at radius 1 is 1.08 bits per heavy atom. The quantitative estimate of drug-likeness (QED) is 0.753. The van der Waals surface area contributed by atoms with Crippen molar-refractivity contribution in [3.63, 3.8) is 0 Å². The van der Waals surface area contributed by atoms with Crippen molar-refractivity contribution in [3.8, 4) is 0 Å². The molecule has 134 valence electrons. The van der Waals surface area contributed by atoms with Gasteiger partial charge in [0.25, 0.3) is 0 Å². The zero-order valence-corrected chi connectivity index (χ0v) is 14.9. The second-order valence-electron chi connectivity index (χ2n) is 5.94. The van der Waals surface area contributed by atoms with Gasteiger partial charge in [-0.25, -0.2) is 17.6 Å². The average Bonchev–Trinajstić information content (AvgIpc) is 3.05. The maximum absolute atomic E-state index is 13.2. The number of hydrogen-bond acceptors (Lipinski definition) is 4. The second kappa shape index (κ2) is 7.25. The van der Waals surface area contributed by atoms with Crippen LogP contribution in [0.4, 0.5) is 4.39 Å². The van der Waals surface area contributed by atoms with E-state index in [1.807, 2.05) is 0 Å². The van der Waals surface area contributed by atoms with Gasteiger partial charge in [0, 0.05) is 12.0 Å². The van der Waals surface area contributed by atoms with Gasteiger partial charge in [0.1, 0.15) is 5.82 Å². The van der Waals surface area contributed by atoms with Crippen LogP contribution in [0.2, 0.25) is 0 Å². The summed E-state index contributed by atoms with van der Waals surface area (Å²) >= 11 is 0. The smallest absolute Gasteiger partial charge is 0.334 e. The standard InChI is InChI=1S/C20H17FO4S/c1-25-20(22)19-12-14(11-18(19)15-7-9-16(21)10-8-15)13-26(23,24)17-5-3-2-4-6-17/h2-11H,12-13H2,1H3. The van der Waals surface area contributed by atoms with Gasteiger partial charge in [-0.2, -0.15) is 0 Å². The zero-order valence-electron chi connectivity index (χ0n) is 14.1. The van der Waals surface area contributed by atoms with Gasteiger partial charge < -0.3 is 4.74 Å². The fourth-order valence-corrected chi connectivity index (χ4v) is 4.32. The molecule has 0 amide bonds. The number of rotatable bonds is 5. The van der Waals surface area contributed by atoms with E-state index < -0.39 is 15.8 Å². The van der Waals surface area contributed by atoms with Crippen LogP contribution in [0.15, 0.2) is 76.7 Å². The largest absolute Gasteiger partial charge is 0.466 e. The second-order valence-corrected chi connectivity index (χ2v) is 7.93. The van der Waals surface area contributed by atoms with Crippen LogP contribution in [-0.2, 0) is 19.4 Å². The molecule has 0 aromatic heterocycles. The first kappa shape index (κ1) is 18.1. The van der Waals surface area contributed by atoms with E-state index in [0.29, 0.717) is 22.3 Å². The van der Waals surface area contributed by atoms with Crippen LogP contribution in [0, 0.1) is 5.82 Å². The van der Waals surface area contributed by atoms with Crippen molar-refractivity contribution in [3.05, 3.63) is 83.2 Å². The minimum absolute atomic E-state index is 0.186. The Hall–Kier alpha value is -2.73. The summed E-state index contributed by atoms with van der Waals surface area (Å²) in [5, 5.41) is 0. The fraction of sp³-hybridized carbons (Fsp3) is 0.150. The maximum Gasteiger partial charge on any atom is 0.334 e. The number of hydrogen-bond donors (Lipinski definition) is 0. The lowest BCUT2D eigenvalue weighted by Crippen LogP contribution is -2.10. The average molecular weight is 372 g/mol. The molecule has 0 fully saturated rings. The molecule has 0 atom stereocenters. The SMILES string of the molecule is COC(=O)C1=C(c2ccc(F)cc2)C=C(CS(=O)(=O)c2ccccc2)C1. The number of carbonyl (C=O) groups is 1. The molecule has 0 saturated heterocycles. The molecule has 0 spiro atoms. The van der Waals surface area contributed by atoms with Gasteiger partial charge in [0.05, 0.1) is 17.8 Å². The highest BCUT2D eigenvalue weighted by molar-refractivity contribution is 7.91. The van der Waals surface area contributed by atoms with Crippen LogP contribution in [0.5, 0.6) is 0 Å². The summed E-state index contributed by atoms with van der Waals surface area (Å²) in [5.41, 5.74) is 2.17. The zero-order chi connectivity index (χ0) is 18.7. The molecule has 1 aliphatic rings. The van der Waals surface area contributed by atoms with Gasteiger partial charge in [-0.15, -0.1) is 0 Å². The molecule has 0 N–H and O–H groups in total. The van der Waals surface area contributed by atoms with E-state index in [2.05, 4.69) is 0 Å². The summed E-state index contributed by atoms with van der Waals surface area (Å²) in [5.74, 6) is -1.10. The number of carbonyl (C=O) groups excluding carboxylic acids is 1. The van der Waals surface area contributed by atoms with Gasteiger partial charge in [0.2, 0.25) is 0 Å². The molecular weight excluding hydrogens is 355 g/mol. The van der Waals surface area contributed by atoms with Crippen molar-refractivity contribution in [1.29, 1.82) is 0 Å². The van der Waals surface area contributed by atoms with E-state index >= 15 is 0 Å². The third kappa shape index (κ3) is 3.75. The number of methoxy groups -OCH3 is 1. The number of esters is 1. The summed E-state index contributed by atoms with van der Waals surface area (Å²) in [6, 6.07) is 13.9. The maximum atomic E-state index is 13.2. The Morgan fingerprint density at radius 3 is 2.35 bits per heavy atom. The molecule has 0 heterocycles. The summed E-state index contributed by atoms with van der Waals surface area (Å²) in [7, 11) is -2.24. The minimum atomic E-state index is -3.52. The third-order valence-electron chi connectivity index (χ3n) is 4.14. The lowest BCUT2D eigenvalue weighted by molar-refractivity contribution is -0.136. The Kier molecular flexibility index (Phi) is 5.04. The minimum Gasteiger partial charge on any atom is -0.466 e. The van der Waals surface area contributed by atoms with Crippen molar-refractivity contribution in [1.82, 2.24) is 0 Å². The van der Waals surface area contributed by atoms with Gasteiger partial charge in [0.15, 0.2) is 9.84 Å². The topological polar surface area (TPSA) is 60.4 Å². The summed E-state index contributed by atoms with van der Waals surface area (Å²) in [4.78, 5) is 12.3. The molecule has 1 aliphatic carbocycles. The van der Waals surface area contributed by atoms with Gasteiger partial charge in [-0.1, -0.05) is 36.4 Å². The molecule has 2 aromatic carbocycles. The lowest BCUT2D eigenvalue weighted by Gasteiger charge is -2.06. The van der Waals surface area contributed by atoms with Crippen LogP contribution in [0.3, 0.4) is 0 Å². The summed E-state index contributed by atoms with van der Waals surface area (Å²) in [6.07, 6.45) is 1.87. The van der Waals surface area contributed by atoms with E-state index in [1.54, 1.807) is 48.5 Å². The monoisotopic (exact) mass is 372 g/mol. The van der Waals surface area contributed by atoms with Crippen LogP contribution < -0.4 is 0 Å². The molecule has 26 heavy (non-hydrogen) atoms. The highest BCUT2D eigenvalue weighted by Crippen LogP contribution is 2.34. The van der Waals surface area contributed by atoms with Crippen LogP contribution in [0.1, 0.15) is 12.0 Å². The number of halogens is 1. The van der Waals surface area contributed by atoms with Gasteiger partial charge in [-0.05, 0) is 41.0 Å².